The molecule has 0 unspecified atom stereocenters. The zero-order valence-electron chi connectivity index (χ0n) is 6.22. The Bertz CT molecular complexity index is 234. The average Bonchev–Trinajstić information content (AvgIpc) is 2.68. The smallest absolute Gasteiger partial charge is 0.0152 e. The molecule has 0 spiro atoms. The van der Waals surface area contributed by atoms with Crippen molar-refractivity contribution in [3.8, 4) is 0 Å². The quantitative estimate of drug-likeness (QED) is 0.549. The van der Waals surface area contributed by atoms with Crippen molar-refractivity contribution >= 4 is 0 Å². The standard InChI is InChI=1S/C10H11/c1-8-3-2-4-10(7-8)9-5-6-9/h2,4,7,9H,5-6H2,1H3. The Hall–Kier alpha value is -0.780. The van der Waals surface area contributed by atoms with E-state index in [2.05, 4.69) is 25.1 Å². The summed E-state index contributed by atoms with van der Waals surface area (Å²) in [5.74, 6) is 0.883. The van der Waals surface area contributed by atoms with Crippen LogP contribution in [0.4, 0.5) is 0 Å². The van der Waals surface area contributed by atoms with Crippen molar-refractivity contribution in [2.45, 2.75) is 25.7 Å². The molecule has 0 N–H and O–H groups in total. The van der Waals surface area contributed by atoms with Crippen LogP contribution in [0.15, 0.2) is 18.2 Å². The number of hydrogen-bond acceptors (Lipinski definition) is 0. The third-order valence-electron chi connectivity index (χ3n) is 2.02. The summed E-state index contributed by atoms with van der Waals surface area (Å²) >= 11 is 0. The summed E-state index contributed by atoms with van der Waals surface area (Å²) in [6.07, 6.45) is 2.78. The largest absolute Gasteiger partial charge is 0.0581 e. The molecule has 1 fully saturated rings. The van der Waals surface area contributed by atoms with Crippen LogP contribution in [0.2, 0.25) is 0 Å². The first kappa shape index (κ1) is 5.96. The summed E-state index contributed by atoms with van der Waals surface area (Å²) in [6, 6.07) is 9.62. The van der Waals surface area contributed by atoms with Crippen molar-refractivity contribution in [3.63, 3.8) is 0 Å². The highest BCUT2D eigenvalue weighted by Crippen LogP contribution is 2.39. The van der Waals surface area contributed by atoms with Crippen molar-refractivity contribution in [1.29, 1.82) is 0 Å². The average molecular weight is 131 g/mol. The lowest BCUT2D eigenvalue weighted by molar-refractivity contribution is 1.12. The van der Waals surface area contributed by atoms with E-state index in [0.29, 0.717) is 0 Å². The Morgan fingerprint density at radius 3 is 2.90 bits per heavy atom. The van der Waals surface area contributed by atoms with E-state index in [1.54, 1.807) is 0 Å². The Morgan fingerprint density at radius 1 is 1.50 bits per heavy atom. The molecule has 0 heterocycles. The van der Waals surface area contributed by atoms with E-state index in [4.69, 9.17) is 0 Å². The van der Waals surface area contributed by atoms with Gasteiger partial charge in [0.1, 0.15) is 0 Å². The molecule has 1 aromatic rings. The van der Waals surface area contributed by atoms with Gasteiger partial charge in [0.25, 0.3) is 0 Å². The molecule has 1 aliphatic carbocycles. The minimum absolute atomic E-state index is 0.883. The lowest BCUT2D eigenvalue weighted by Gasteiger charge is -1.96. The molecule has 51 valence electrons. The normalized spacial score (nSPS) is 17.3. The van der Waals surface area contributed by atoms with E-state index in [-0.39, 0.29) is 0 Å². The SMILES string of the molecule is Cc1[c]ccc(C2CC2)c1. The van der Waals surface area contributed by atoms with Gasteiger partial charge in [-0.15, -0.1) is 0 Å². The molecule has 1 aromatic carbocycles. The van der Waals surface area contributed by atoms with Crippen molar-refractivity contribution in [1.82, 2.24) is 0 Å². The second-order valence-electron chi connectivity index (χ2n) is 3.08. The molecule has 10 heavy (non-hydrogen) atoms. The second-order valence-corrected chi connectivity index (χ2v) is 3.08. The molecule has 0 aromatic heterocycles. The van der Waals surface area contributed by atoms with Crippen LogP contribution in [0.5, 0.6) is 0 Å². The van der Waals surface area contributed by atoms with Crippen LogP contribution < -0.4 is 0 Å². The van der Waals surface area contributed by atoms with Crippen LogP contribution >= 0.6 is 0 Å². The van der Waals surface area contributed by atoms with Crippen LogP contribution in [0.3, 0.4) is 0 Å². The molecule has 0 bridgehead atoms. The first-order chi connectivity index (χ1) is 4.86. The van der Waals surface area contributed by atoms with Crippen LogP contribution in [0.25, 0.3) is 0 Å². The maximum atomic E-state index is 3.15. The molecule has 0 atom stereocenters. The van der Waals surface area contributed by atoms with Gasteiger partial charge < -0.3 is 0 Å². The summed E-state index contributed by atoms with van der Waals surface area (Å²) in [5, 5.41) is 0. The number of hydrogen-bond donors (Lipinski definition) is 0. The van der Waals surface area contributed by atoms with Gasteiger partial charge in [-0.3, -0.25) is 0 Å². The molecule has 1 aliphatic rings. The summed E-state index contributed by atoms with van der Waals surface area (Å²) < 4.78 is 0. The summed E-state index contributed by atoms with van der Waals surface area (Å²) in [5.41, 5.74) is 2.78. The molecule has 0 aliphatic heterocycles. The predicted molar refractivity (Wildman–Crippen MR) is 42.0 cm³/mol. The van der Waals surface area contributed by atoms with Gasteiger partial charge >= 0.3 is 0 Å². The molecule has 1 radical (unpaired) electrons. The molecule has 0 saturated heterocycles. The maximum absolute atomic E-state index is 3.15. The maximum Gasteiger partial charge on any atom is -0.0152 e. The molecular weight excluding hydrogens is 120 g/mol. The molecule has 0 amide bonds. The lowest BCUT2D eigenvalue weighted by Crippen LogP contribution is -1.79. The fraction of sp³-hybridized carbons (Fsp3) is 0.400. The van der Waals surface area contributed by atoms with Gasteiger partial charge in [0.05, 0.1) is 0 Å². The Kier molecular flexibility index (Phi) is 1.26. The van der Waals surface area contributed by atoms with E-state index in [0.717, 1.165) is 5.92 Å². The van der Waals surface area contributed by atoms with Gasteiger partial charge in [-0.25, -0.2) is 0 Å². The van der Waals surface area contributed by atoms with Gasteiger partial charge in [0, 0.05) is 0 Å². The number of rotatable bonds is 1. The van der Waals surface area contributed by atoms with E-state index in [1.807, 2.05) is 6.07 Å². The van der Waals surface area contributed by atoms with Crippen LogP contribution in [-0.2, 0) is 0 Å². The fourth-order valence-electron chi connectivity index (χ4n) is 1.28. The van der Waals surface area contributed by atoms with Gasteiger partial charge in [-0.1, -0.05) is 18.2 Å². The van der Waals surface area contributed by atoms with Gasteiger partial charge in [-0.2, -0.15) is 0 Å². The minimum atomic E-state index is 0.883. The van der Waals surface area contributed by atoms with Crippen LogP contribution in [0.1, 0.15) is 29.9 Å². The van der Waals surface area contributed by atoms with Crippen LogP contribution in [-0.4, -0.2) is 0 Å². The molecule has 0 nitrogen and oxygen atoms in total. The first-order valence-electron chi connectivity index (χ1n) is 3.84. The predicted octanol–water partition coefficient (Wildman–Crippen LogP) is 2.67. The third-order valence-corrected chi connectivity index (χ3v) is 2.02. The van der Waals surface area contributed by atoms with E-state index in [9.17, 15) is 0 Å². The van der Waals surface area contributed by atoms with Crippen LogP contribution in [0, 0.1) is 13.0 Å². The highest BCUT2D eigenvalue weighted by atomic mass is 14.3. The third kappa shape index (κ3) is 1.06. The Labute approximate surface area is 61.9 Å². The topological polar surface area (TPSA) is 0 Å². The second kappa shape index (κ2) is 2.12. The zero-order valence-corrected chi connectivity index (χ0v) is 6.22. The number of aryl methyl sites for hydroxylation is 1. The minimum Gasteiger partial charge on any atom is -0.0581 e. The molecular formula is C10H11. The van der Waals surface area contributed by atoms with Crippen molar-refractivity contribution in [2.24, 2.45) is 0 Å². The van der Waals surface area contributed by atoms with E-state index < -0.39 is 0 Å². The summed E-state index contributed by atoms with van der Waals surface area (Å²) in [6.45, 7) is 2.10. The molecule has 1 saturated carbocycles. The number of benzene rings is 1. The van der Waals surface area contributed by atoms with E-state index in [1.165, 1.54) is 24.0 Å². The van der Waals surface area contributed by atoms with E-state index >= 15 is 0 Å². The van der Waals surface area contributed by atoms with Crippen molar-refractivity contribution < 1.29 is 0 Å². The van der Waals surface area contributed by atoms with Gasteiger partial charge in [0.2, 0.25) is 0 Å². The Morgan fingerprint density at radius 2 is 2.30 bits per heavy atom. The van der Waals surface area contributed by atoms with Crippen molar-refractivity contribution in [2.75, 3.05) is 0 Å². The summed E-state index contributed by atoms with van der Waals surface area (Å²) in [4.78, 5) is 0. The highest BCUT2D eigenvalue weighted by molar-refractivity contribution is 5.27. The Balaban J connectivity index is 2.32. The monoisotopic (exact) mass is 131 g/mol. The molecule has 2 rings (SSSR count). The highest BCUT2D eigenvalue weighted by Gasteiger charge is 2.22. The lowest BCUT2D eigenvalue weighted by atomic mass is 10.1. The fourth-order valence-corrected chi connectivity index (χ4v) is 1.28. The van der Waals surface area contributed by atoms with Crippen molar-refractivity contribution in [3.05, 3.63) is 35.4 Å². The molecule has 0 heteroatoms. The summed E-state index contributed by atoms with van der Waals surface area (Å²) in [7, 11) is 0. The van der Waals surface area contributed by atoms with Gasteiger partial charge in [0.15, 0.2) is 0 Å². The first-order valence-corrected chi connectivity index (χ1v) is 3.84. The van der Waals surface area contributed by atoms with Gasteiger partial charge in [-0.05, 0) is 42.9 Å². The zero-order chi connectivity index (χ0) is 6.97.